The summed E-state index contributed by atoms with van der Waals surface area (Å²) in [6.07, 6.45) is 4.01. The van der Waals surface area contributed by atoms with E-state index in [1.165, 1.54) is 19.8 Å². The number of aliphatic carboxylic acids is 1. The minimum absolute atomic E-state index is 0.0186. The number of nitrogens with one attached hydrogen (secondary N) is 1. The second kappa shape index (κ2) is 12.9. The van der Waals surface area contributed by atoms with Crippen molar-refractivity contribution in [3.05, 3.63) is 71.8 Å². The molecule has 0 unspecified atom stereocenters. The Balaban J connectivity index is 1.54. The number of hydrazine groups is 1. The molecule has 0 spiro atoms. The number of carboxylic acid groups (broad SMARTS) is 1. The van der Waals surface area contributed by atoms with Gasteiger partial charge in [-0.15, -0.1) is 6.42 Å². The predicted octanol–water partition coefficient (Wildman–Crippen LogP) is 1.12. The van der Waals surface area contributed by atoms with E-state index in [4.69, 9.17) is 11.2 Å². The molecule has 4 amide bonds. The first kappa shape index (κ1) is 27.6. The third kappa shape index (κ3) is 6.73. The smallest absolute Gasteiger partial charge is 0.334 e. The van der Waals surface area contributed by atoms with Crippen molar-refractivity contribution in [2.45, 2.75) is 31.8 Å². The highest BCUT2D eigenvalue weighted by Crippen LogP contribution is 2.28. The fourth-order valence-electron chi connectivity index (χ4n) is 4.80. The number of hydrogen-bond acceptors (Lipinski definition) is 6. The van der Waals surface area contributed by atoms with E-state index in [-0.39, 0.29) is 39.3 Å². The number of ether oxygens (including phenoxy) is 1. The number of piperazine rings is 1. The SMILES string of the molecule is C#CCN1CC(=O)N2[C@@H](CC(=O)O)C(=O)N(CCOCc3ccccc3)C[C@@H]2N1C(=O)NCc1ccccc1. The molecule has 2 aliphatic rings. The summed E-state index contributed by atoms with van der Waals surface area (Å²) in [4.78, 5) is 54.4. The zero-order chi connectivity index (χ0) is 27.8. The lowest BCUT2D eigenvalue weighted by Crippen LogP contribution is -2.76. The van der Waals surface area contributed by atoms with Crippen molar-refractivity contribution in [2.75, 3.05) is 32.8 Å². The number of carboxylic acids is 1. The molecule has 2 aromatic rings. The number of fused-ring (bicyclic) bond motifs is 1. The molecule has 2 heterocycles. The first-order chi connectivity index (χ1) is 18.9. The number of carbonyl (C=O) groups excluding carboxylic acids is 3. The topological polar surface area (TPSA) is 123 Å². The van der Waals surface area contributed by atoms with Crippen LogP contribution in [-0.2, 0) is 32.3 Å². The van der Waals surface area contributed by atoms with Crippen molar-refractivity contribution in [2.24, 2.45) is 0 Å². The third-order valence-corrected chi connectivity index (χ3v) is 6.58. The number of terminal acetylenes is 1. The van der Waals surface area contributed by atoms with Crippen molar-refractivity contribution < 1.29 is 29.0 Å². The van der Waals surface area contributed by atoms with Gasteiger partial charge in [0.2, 0.25) is 11.8 Å². The molecule has 0 aliphatic carbocycles. The van der Waals surface area contributed by atoms with Crippen LogP contribution >= 0.6 is 0 Å². The fourth-order valence-corrected chi connectivity index (χ4v) is 4.80. The summed E-state index contributed by atoms with van der Waals surface area (Å²) >= 11 is 0. The summed E-state index contributed by atoms with van der Waals surface area (Å²) in [5.41, 5.74) is 1.85. The summed E-state index contributed by atoms with van der Waals surface area (Å²) in [5.74, 6) is 0.273. The summed E-state index contributed by atoms with van der Waals surface area (Å²) in [6.45, 7) is 0.629. The Morgan fingerprint density at radius 2 is 1.72 bits per heavy atom. The van der Waals surface area contributed by atoms with Gasteiger partial charge >= 0.3 is 12.0 Å². The zero-order valence-electron chi connectivity index (χ0n) is 21.4. The maximum absolute atomic E-state index is 13.5. The van der Waals surface area contributed by atoms with Crippen LogP contribution in [0.15, 0.2) is 60.7 Å². The molecule has 0 aromatic heterocycles. The van der Waals surface area contributed by atoms with Crippen LogP contribution in [0.5, 0.6) is 0 Å². The second-order valence-corrected chi connectivity index (χ2v) is 9.23. The average Bonchev–Trinajstić information content (AvgIpc) is 2.93. The fraction of sp³-hybridized carbons (Fsp3) is 0.357. The van der Waals surface area contributed by atoms with Crippen LogP contribution in [0.1, 0.15) is 17.5 Å². The van der Waals surface area contributed by atoms with Crippen LogP contribution in [-0.4, -0.2) is 93.7 Å². The standard InChI is InChI=1S/C28H31N5O6/c1-2-13-31-19-25(34)32-23(16-26(35)36)27(37)30(14-15-39-20-22-11-7-4-8-12-22)18-24(32)33(31)28(38)29-17-21-9-5-3-6-10-21/h1,3-12,23-24H,13-20H2,(H,29,38)(H,35,36)/t23-,24-/m0/s1. The number of urea groups is 1. The van der Waals surface area contributed by atoms with E-state index < -0.39 is 42.4 Å². The van der Waals surface area contributed by atoms with Gasteiger partial charge < -0.3 is 25.0 Å². The molecule has 11 nitrogen and oxygen atoms in total. The van der Waals surface area contributed by atoms with Crippen LogP contribution in [0.25, 0.3) is 0 Å². The first-order valence-electron chi connectivity index (χ1n) is 12.6. The molecule has 39 heavy (non-hydrogen) atoms. The lowest BCUT2D eigenvalue weighted by Gasteiger charge is -2.54. The first-order valence-corrected chi connectivity index (χ1v) is 12.6. The molecule has 2 aliphatic heterocycles. The Morgan fingerprint density at radius 1 is 1.05 bits per heavy atom. The minimum atomic E-state index is -1.26. The number of nitrogens with zero attached hydrogens (tertiary/aromatic N) is 4. The zero-order valence-corrected chi connectivity index (χ0v) is 21.4. The Bertz CT molecular complexity index is 1220. The molecule has 0 bridgehead atoms. The number of amides is 4. The molecule has 2 fully saturated rings. The van der Waals surface area contributed by atoms with E-state index in [2.05, 4.69) is 11.2 Å². The van der Waals surface area contributed by atoms with E-state index in [1.54, 1.807) is 0 Å². The molecule has 2 N–H and O–H groups in total. The van der Waals surface area contributed by atoms with E-state index in [1.807, 2.05) is 60.7 Å². The Morgan fingerprint density at radius 3 is 2.36 bits per heavy atom. The lowest BCUT2D eigenvalue weighted by atomic mass is 10.0. The van der Waals surface area contributed by atoms with Gasteiger partial charge in [0.05, 0.1) is 39.3 Å². The van der Waals surface area contributed by atoms with Crippen LogP contribution < -0.4 is 5.32 Å². The van der Waals surface area contributed by atoms with Crippen molar-refractivity contribution >= 4 is 23.8 Å². The molecule has 2 saturated heterocycles. The third-order valence-electron chi connectivity index (χ3n) is 6.58. The quantitative estimate of drug-likeness (QED) is 0.347. The maximum atomic E-state index is 13.5. The summed E-state index contributed by atoms with van der Waals surface area (Å²) in [6, 6.07) is 17.1. The summed E-state index contributed by atoms with van der Waals surface area (Å²) < 4.78 is 5.75. The molecule has 11 heteroatoms. The van der Waals surface area contributed by atoms with E-state index in [9.17, 15) is 24.3 Å². The van der Waals surface area contributed by atoms with Gasteiger partial charge in [0.25, 0.3) is 0 Å². The van der Waals surface area contributed by atoms with Gasteiger partial charge in [-0.05, 0) is 11.1 Å². The van der Waals surface area contributed by atoms with Gasteiger partial charge in [0.1, 0.15) is 12.2 Å². The van der Waals surface area contributed by atoms with Gasteiger partial charge in [-0.25, -0.2) is 9.80 Å². The van der Waals surface area contributed by atoms with Gasteiger partial charge in [-0.2, -0.15) is 5.01 Å². The predicted molar refractivity (Wildman–Crippen MR) is 140 cm³/mol. The van der Waals surface area contributed by atoms with Crippen molar-refractivity contribution in [3.63, 3.8) is 0 Å². The Kier molecular flexibility index (Phi) is 9.14. The van der Waals surface area contributed by atoms with Crippen molar-refractivity contribution in [3.8, 4) is 12.3 Å². The highest BCUT2D eigenvalue weighted by atomic mass is 16.5. The van der Waals surface area contributed by atoms with E-state index in [0.29, 0.717) is 6.61 Å². The number of rotatable bonds is 10. The molecular weight excluding hydrogens is 502 g/mol. The minimum Gasteiger partial charge on any atom is -0.481 e. The van der Waals surface area contributed by atoms with E-state index in [0.717, 1.165) is 11.1 Å². The Hall–Kier alpha value is -4.40. The second-order valence-electron chi connectivity index (χ2n) is 9.23. The molecule has 2 aromatic carbocycles. The molecule has 2 atom stereocenters. The maximum Gasteiger partial charge on any atom is 0.334 e. The highest BCUT2D eigenvalue weighted by Gasteiger charge is 2.51. The Labute approximate surface area is 226 Å². The average molecular weight is 534 g/mol. The summed E-state index contributed by atoms with van der Waals surface area (Å²) in [7, 11) is 0. The largest absolute Gasteiger partial charge is 0.481 e. The molecule has 0 saturated carbocycles. The monoisotopic (exact) mass is 533 g/mol. The molecule has 204 valence electrons. The summed E-state index contributed by atoms with van der Waals surface area (Å²) in [5, 5.41) is 15.2. The molecular formula is C28H31N5O6. The molecule has 0 radical (unpaired) electrons. The number of benzene rings is 2. The van der Waals surface area contributed by atoms with Gasteiger partial charge in [-0.3, -0.25) is 14.4 Å². The van der Waals surface area contributed by atoms with Crippen LogP contribution in [0, 0.1) is 12.3 Å². The van der Waals surface area contributed by atoms with Crippen molar-refractivity contribution in [1.29, 1.82) is 0 Å². The molecule has 4 rings (SSSR count). The van der Waals surface area contributed by atoms with Crippen LogP contribution in [0.2, 0.25) is 0 Å². The number of carbonyl (C=O) groups is 4. The normalized spacial score (nSPS) is 19.4. The van der Waals surface area contributed by atoms with Gasteiger partial charge in [-0.1, -0.05) is 66.6 Å². The lowest BCUT2D eigenvalue weighted by molar-refractivity contribution is -0.190. The number of hydrogen-bond donors (Lipinski definition) is 2. The van der Waals surface area contributed by atoms with Crippen LogP contribution in [0.3, 0.4) is 0 Å². The van der Waals surface area contributed by atoms with Crippen LogP contribution in [0.4, 0.5) is 4.79 Å². The van der Waals surface area contributed by atoms with Crippen molar-refractivity contribution in [1.82, 2.24) is 25.1 Å². The van der Waals surface area contributed by atoms with E-state index >= 15 is 0 Å². The van der Waals surface area contributed by atoms with Gasteiger partial charge in [0.15, 0.2) is 0 Å². The van der Waals surface area contributed by atoms with Gasteiger partial charge in [0, 0.05) is 13.1 Å². The highest BCUT2D eigenvalue weighted by molar-refractivity contribution is 5.93.